The van der Waals surface area contributed by atoms with Crippen LogP contribution in [0.15, 0.2) is 186 Å². The van der Waals surface area contributed by atoms with Crippen molar-refractivity contribution in [2.75, 3.05) is 0 Å². The van der Waals surface area contributed by atoms with E-state index in [2.05, 4.69) is 121 Å². The molecule has 1 nitrogen and oxygen atoms in total. The minimum absolute atomic E-state index is 0.130. The van der Waals surface area contributed by atoms with Crippen molar-refractivity contribution in [3.63, 3.8) is 0 Å². The Morgan fingerprint density at radius 3 is 1.24 bits per heavy atom. The zero-order valence-electron chi connectivity index (χ0n) is 31.3. The van der Waals surface area contributed by atoms with Gasteiger partial charge in [-0.25, -0.2) is 0 Å². The fourth-order valence-electron chi connectivity index (χ4n) is 7.58. The zero-order chi connectivity index (χ0) is 36.7. The van der Waals surface area contributed by atoms with Crippen LogP contribution in [0.2, 0.25) is 0 Å². The molecular weight excluding hydrogens is 593 g/mol. The lowest BCUT2D eigenvalue weighted by Gasteiger charge is -2.21. The highest BCUT2D eigenvalue weighted by atomic mass is 16.3. The maximum atomic E-state index is 8.59. The number of hydrogen-bond acceptors (Lipinski definition) is 1. The number of fused-ring (bicyclic) bond motifs is 1. The van der Waals surface area contributed by atoms with Gasteiger partial charge in [0.25, 0.3) is 0 Å². The lowest BCUT2D eigenvalue weighted by Crippen LogP contribution is -1.94. The highest BCUT2D eigenvalue weighted by Gasteiger charge is 2.21. The van der Waals surface area contributed by atoms with Crippen molar-refractivity contribution in [3.05, 3.63) is 182 Å². The van der Waals surface area contributed by atoms with E-state index in [4.69, 9.17) is 11.3 Å². The highest BCUT2D eigenvalue weighted by Crippen LogP contribution is 2.48. The van der Waals surface area contributed by atoms with Crippen molar-refractivity contribution in [1.82, 2.24) is 0 Å². The molecule has 0 bridgehead atoms. The van der Waals surface area contributed by atoms with E-state index in [-0.39, 0.29) is 29.7 Å². The lowest BCUT2D eigenvalue weighted by atomic mass is 9.82. The van der Waals surface area contributed by atoms with Crippen molar-refractivity contribution in [2.45, 2.75) is 0 Å². The molecule has 228 valence electrons. The summed E-state index contributed by atoms with van der Waals surface area (Å²) >= 11 is 0. The van der Waals surface area contributed by atoms with E-state index in [1.165, 1.54) is 44.3 Å². The third-order valence-electron chi connectivity index (χ3n) is 9.81. The number of hydrogen-bond donors (Lipinski definition) is 0. The van der Waals surface area contributed by atoms with Crippen molar-refractivity contribution in [3.8, 4) is 55.6 Å². The molecule has 1 heterocycles. The molecular formula is C48H30O. The van der Waals surface area contributed by atoms with Gasteiger partial charge in [-0.15, -0.1) is 0 Å². The largest absolute Gasteiger partial charge is 0.464 e. The minimum atomic E-state index is -0.418. The first kappa shape index (κ1) is 23.0. The average molecular weight is 628 g/mol. The Bertz CT molecular complexity index is 2990. The average Bonchev–Trinajstić information content (AvgIpc) is 3.64. The molecule has 1 heteroatoms. The Kier molecular flexibility index (Phi) is 5.20. The molecule has 0 saturated heterocycles. The van der Waals surface area contributed by atoms with E-state index in [9.17, 15) is 0 Å². The standard InChI is InChI=1S/C48H30O/c1-5-13-31(14-6-1)41-28-42(32-15-7-2-8-16-32)38-25-26-40-44(35-21-22-36-45(30-49-46(36)27-35)34-19-11-4-12-20-34)29-43(33-17-9-3-10-18-33)39-24-23-37(41)47(38)48(39)40/h1-30H/i4D,11D,12D,19D,20D. The van der Waals surface area contributed by atoms with Crippen LogP contribution in [0, 0.1) is 0 Å². The van der Waals surface area contributed by atoms with Crippen LogP contribution in [0.4, 0.5) is 0 Å². The summed E-state index contributed by atoms with van der Waals surface area (Å²) in [6.07, 6.45) is 1.50. The van der Waals surface area contributed by atoms with Crippen molar-refractivity contribution < 1.29 is 11.3 Å². The molecule has 0 radical (unpaired) electrons. The molecule has 0 amide bonds. The first-order valence-electron chi connectivity index (χ1n) is 18.9. The van der Waals surface area contributed by atoms with Gasteiger partial charge in [-0.1, -0.05) is 152 Å². The summed E-state index contributed by atoms with van der Waals surface area (Å²) in [4.78, 5) is 0. The van der Waals surface area contributed by atoms with Crippen LogP contribution in [0.5, 0.6) is 0 Å². The maximum Gasteiger partial charge on any atom is 0.135 e. The van der Waals surface area contributed by atoms with Gasteiger partial charge in [-0.3, -0.25) is 0 Å². The Hall–Kier alpha value is -6.44. The van der Waals surface area contributed by atoms with Crippen LogP contribution in [-0.4, -0.2) is 0 Å². The van der Waals surface area contributed by atoms with Crippen molar-refractivity contribution in [2.24, 2.45) is 0 Å². The Morgan fingerprint density at radius 1 is 0.347 bits per heavy atom. The number of benzene rings is 9. The fourth-order valence-corrected chi connectivity index (χ4v) is 7.58. The fraction of sp³-hybridized carbons (Fsp3) is 0. The monoisotopic (exact) mass is 627 g/mol. The van der Waals surface area contributed by atoms with E-state index in [1.807, 2.05) is 24.3 Å². The second kappa shape index (κ2) is 11.1. The van der Waals surface area contributed by atoms with Gasteiger partial charge in [0.1, 0.15) is 5.58 Å². The zero-order valence-corrected chi connectivity index (χ0v) is 26.3. The topological polar surface area (TPSA) is 13.1 Å². The van der Waals surface area contributed by atoms with Gasteiger partial charge in [0.15, 0.2) is 0 Å². The smallest absolute Gasteiger partial charge is 0.135 e. The molecule has 0 fully saturated rings. The number of furan rings is 1. The van der Waals surface area contributed by atoms with Gasteiger partial charge in [-0.2, -0.15) is 0 Å². The van der Waals surface area contributed by atoms with Crippen LogP contribution in [0.25, 0.3) is 98.9 Å². The SMILES string of the molecule is [2H]c1c([2H])c([2H])c(-c2coc3cc(-c4cc(-c5ccccc5)c5ccc6c(-c7ccccc7)cc(-c7ccccc7)c7ccc4c5c67)ccc23)c([2H])c1[2H]. The third kappa shape index (κ3) is 4.40. The van der Waals surface area contributed by atoms with E-state index in [1.54, 1.807) is 0 Å². The van der Waals surface area contributed by atoms with Gasteiger partial charge in [-0.05, 0) is 107 Å². The highest BCUT2D eigenvalue weighted by molar-refractivity contribution is 6.32. The summed E-state index contributed by atoms with van der Waals surface area (Å²) in [5, 5.41) is 7.75. The summed E-state index contributed by atoms with van der Waals surface area (Å²) in [5.41, 5.74) is 10.1. The van der Waals surface area contributed by atoms with Crippen LogP contribution in [0.3, 0.4) is 0 Å². The van der Waals surface area contributed by atoms with Crippen molar-refractivity contribution >= 4 is 43.3 Å². The molecule has 0 unspecified atom stereocenters. The molecule has 0 atom stereocenters. The molecule has 0 aliphatic carbocycles. The van der Waals surface area contributed by atoms with Gasteiger partial charge in [0.2, 0.25) is 0 Å². The molecule has 10 aromatic rings. The predicted octanol–water partition coefficient (Wildman–Crippen LogP) is 13.7. The third-order valence-corrected chi connectivity index (χ3v) is 9.81. The molecule has 0 aliphatic rings. The molecule has 10 rings (SSSR count). The normalized spacial score (nSPS) is 13.1. The summed E-state index contributed by atoms with van der Waals surface area (Å²) in [6, 6.07) is 49.7. The van der Waals surface area contributed by atoms with Crippen LogP contribution < -0.4 is 0 Å². The van der Waals surface area contributed by atoms with Gasteiger partial charge in [0, 0.05) is 10.9 Å². The maximum absolute atomic E-state index is 8.59. The minimum Gasteiger partial charge on any atom is -0.464 e. The van der Waals surface area contributed by atoms with Gasteiger partial charge >= 0.3 is 0 Å². The van der Waals surface area contributed by atoms with Crippen LogP contribution >= 0.6 is 0 Å². The van der Waals surface area contributed by atoms with Crippen LogP contribution in [-0.2, 0) is 0 Å². The Labute approximate surface area is 291 Å². The second-order valence-corrected chi connectivity index (χ2v) is 12.5. The first-order valence-corrected chi connectivity index (χ1v) is 16.4. The van der Waals surface area contributed by atoms with E-state index < -0.39 is 6.04 Å². The van der Waals surface area contributed by atoms with Crippen LogP contribution in [0.1, 0.15) is 6.85 Å². The summed E-state index contributed by atoms with van der Waals surface area (Å²) in [7, 11) is 0. The molecule has 0 N–H and O–H groups in total. The summed E-state index contributed by atoms with van der Waals surface area (Å²) < 4.78 is 47.8. The first-order chi connectivity index (χ1) is 26.4. The Morgan fingerprint density at radius 2 is 0.776 bits per heavy atom. The van der Waals surface area contributed by atoms with E-state index >= 15 is 0 Å². The lowest BCUT2D eigenvalue weighted by molar-refractivity contribution is 0.617. The molecule has 0 saturated carbocycles. The Balaban J connectivity index is 1.28. The molecule has 0 aliphatic heterocycles. The van der Waals surface area contributed by atoms with Gasteiger partial charge < -0.3 is 4.42 Å². The molecule has 1 aromatic heterocycles. The van der Waals surface area contributed by atoms with E-state index in [0.717, 1.165) is 38.8 Å². The van der Waals surface area contributed by atoms with Gasteiger partial charge in [0.05, 0.1) is 13.1 Å². The quantitative estimate of drug-likeness (QED) is 0.173. The number of rotatable bonds is 5. The molecule has 0 spiro atoms. The van der Waals surface area contributed by atoms with Crippen molar-refractivity contribution in [1.29, 1.82) is 0 Å². The summed E-state index contributed by atoms with van der Waals surface area (Å²) in [5.74, 6) is 0. The van der Waals surface area contributed by atoms with E-state index in [0.29, 0.717) is 16.5 Å². The summed E-state index contributed by atoms with van der Waals surface area (Å²) in [6.45, 7) is 0. The molecule has 49 heavy (non-hydrogen) atoms. The second-order valence-electron chi connectivity index (χ2n) is 12.5. The molecule has 9 aromatic carbocycles. The predicted molar refractivity (Wildman–Crippen MR) is 207 cm³/mol.